The summed E-state index contributed by atoms with van der Waals surface area (Å²) in [5.41, 5.74) is 1.76. The van der Waals surface area contributed by atoms with Gasteiger partial charge in [-0.3, -0.25) is 9.59 Å². The van der Waals surface area contributed by atoms with E-state index in [4.69, 9.17) is 9.15 Å². The highest BCUT2D eigenvalue weighted by Crippen LogP contribution is 2.22. The maximum atomic E-state index is 12.3. The molecule has 1 amide bonds. The first kappa shape index (κ1) is 16.3. The number of aryl methyl sites for hydroxylation is 1. The van der Waals surface area contributed by atoms with Crippen molar-refractivity contribution in [1.29, 1.82) is 0 Å². The molecule has 2 aromatic rings. The zero-order valence-electron chi connectivity index (χ0n) is 13.7. The van der Waals surface area contributed by atoms with Gasteiger partial charge in [-0.25, -0.2) is 0 Å². The quantitative estimate of drug-likeness (QED) is 0.638. The van der Waals surface area contributed by atoms with Crippen LogP contribution in [-0.2, 0) is 11.2 Å². The maximum Gasteiger partial charge on any atom is 0.314 e. The molecule has 0 bridgehead atoms. The van der Waals surface area contributed by atoms with Crippen LogP contribution >= 0.6 is 0 Å². The standard InChI is InChI=1S/C19H21NO4/c1-2-14-3-5-17(6-4-14)24-19(22)15-7-10-20(11-8-15)18(21)16-9-12-23-13-16/h3-6,9,12-13,15H,2,7-8,10-11H2,1H3. The second-order valence-electron chi connectivity index (χ2n) is 6.00. The molecule has 126 valence electrons. The number of rotatable bonds is 4. The molecule has 5 nitrogen and oxygen atoms in total. The van der Waals surface area contributed by atoms with Crippen LogP contribution < -0.4 is 4.74 Å². The van der Waals surface area contributed by atoms with Crippen molar-refractivity contribution in [2.45, 2.75) is 26.2 Å². The van der Waals surface area contributed by atoms with Crippen molar-refractivity contribution in [3.63, 3.8) is 0 Å². The number of hydrogen-bond acceptors (Lipinski definition) is 4. The second-order valence-corrected chi connectivity index (χ2v) is 6.00. The molecule has 0 saturated carbocycles. The van der Waals surface area contributed by atoms with Gasteiger partial charge >= 0.3 is 5.97 Å². The Bertz CT molecular complexity index is 683. The number of ether oxygens (including phenoxy) is 1. The van der Waals surface area contributed by atoms with Gasteiger partial charge in [0.2, 0.25) is 0 Å². The van der Waals surface area contributed by atoms with Crippen LogP contribution in [0.2, 0.25) is 0 Å². The molecule has 1 saturated heterocycles. The largest absolute Gasteiger partial charge is 0.472 e. The predicted molar refractivity (Wildman–Crippen MR) is 88.8 cm³/mol. The van der Waals surface area contributed by atoms with Gasteiger partial charge in [0.25, 0.3) is 5.91 Å². The topological polar surface area (TPSA) is 59.8 Å². The number of likely N-dealkylation sites (tertiary alicyclic amines) is 1. The molecule has 24 heavy (non-hydrogen) atoms. The summed E-state index contributed by atoms with van der Waals surface area (Å²) in [6, 6.07) is 9.24. The van der Waals surface area contributed by atoms with Crippen molar-refractivity contribution in [2.75, 3.05) is 13.1 Å². The molecule has 1 aromatic carbocycles. The van der Waals surface area contributed by atoms with Crippen LogP contribution in [0.5, 0.6) is 5.75 Å². The fourth-order valence-electron chi connectivity index (χ4n) is 2.88. The van der Waals surface area contributed by atoms with Crippen molar-refractivity contribution in [1.82, 2.24) is 4.90 Å². The van der Waals surface area contributed by atoms with Crippen molar-refractivity contribution < 1.29 is 18.7 Å². The van der Waals surface area contributed by atoms with E-state index in [9.17, 15) is 9.59 Å². The molecule has 5 heteroatoms. The number of amides is 1. The normalized spacial score (nSPS) is 15.3. The number of carbonyl (C=O) groups excluding carboxylic acids is 2. The second kappa shape index (κ2) is 7.34. The molecular formula is C19H21NO4. The van der Waals surface area contributed by atoms with Crippen LogP contribution in [0.25, 0.3) is 0 Å². The Morgan fingerprint density at radius 1 is 1.17 bits per heavy atom. The minimum absolute atomic E-state index is 0.0503. The summed E-state index contributed by atoms with van der Waals surface area (Å²) >= 11 is 0. The Kier molecular flexibility index (Phi) is 4.99. The highest BCUT2D eigenvalue weighted by Gasteiger charge is 2.29. The molecule has 1 fully saturated rings. The Morgan fingerprint density at radius 2 is 1.88 bits per heavy atom. The Hall–Kier alpha value is -2.56. The smallest absolute Gasteiger partial charge is 0.314 e. The number of hydrogen-bond donors (Lipinski definition) is 0. The summed E-state index contributed by atoms with van der Waals surface area (Å²) in [6.07, 6.45) is 5.13. The van der Waals surface area contributed by atoms with Gasteiger partial charge in [-0.05, 0) is 43.0 Å². The zero-order chi connectivity index (χ0) is 16.9. The van der Waals surface area contributed by atoms with Crippen LogP contribution in [0.1, 0.15) is 35.7 Å². The number of benzene rings is 1. The molecule has 1 aliphatic rings. The van der Waals surface area contributed by atoms with E-state index in [0.717, 1.165) is 6.42 Å². The van der Waals surface area contributed by atoms with E-state index >= 15 is 0 Å². The molecule has 0 unspecified atom stereocenters. The lowest BCUT2D eigenvalue weighted by atomic mass is 9.96. The van der Waals surface area contributed by atoms with Gasteiger partial charge in [-0.1, -0.05) is 19.1 Å². The van der Waals surface area contributed by atoms with E-state index in [1.54, 1.807) is 11.0 Å². The fraction of sp³-hybridized carbons (Fsp3) is 0.368. The van der Waals surface area contributed by atoms with E-state index in [-0.39, 0.29) is 17.8 Å². The SMILES string of the molecule is CCc1ccc(OC(=O)C2CCN(C(=O)c3ccoc3)CC2)cc1. The third kappa shape index (κ3) is 3.67. The molecule has 1 aromatic heterocycles. The molecule has 1 aliphatic heterocycles. The first-order chi connectivity index (χ1) is 11.7. The number of carbonyl (C=O) groups is 2. The molecule has 0 aliphatic carbocycles. The lowest BCUT2D eigenvalue weighted by Gasteiger charge is -2.30. The summed E-state index contributed by atoms with van der Waals surface area (Å²) in [5.74, 6) is 0.152. The number of piperidine rings is 1. The van der Waals surface area contributed by atoms with Gasteiger partial charge in [-0.2, -0.15) is 0 Å². The van der Waals surface area contributed by atoms with Crippen molar-refractivity contribution in [3.05, 3.63) is 54.0 Å². The average molecular weight is 327 g/mol. The summed E-state index contributed by atoms with van der Waals surface area (Å²) in [6.45, 7) is 3.19. The number of nitrogens with zero attached hydrogens (tertiary/aromatic N) is 1. The lowest BCUT2D eigenvalue weighted by molar-refractivity contribution is -0.140. The van der Waals surface area contributed by atoms with Crippen molar-refractivity contribution in [2.24, 2.45) is 5.92 Å². The zero-order valence-corrected chi connectivity index (χ0v) is 13.7. The Balaban J connectivity index is 1.52. The monoisotopic (exact) mass is 327 g/mol. The minimum Gasteiger partial charge on any atom is -0.472 e. The minimum atomic E-state index is -0.213. The predicted octanol–water partition coefficient (Wildman–Crippen LogP) is 3.30. The number of esters is 1. The van der Waals surface area contributed by atoms with Gasteiger partial charge in [-0.15, -0.1) is 0 Å². The van der Waals surface area contributed by atoms with Gasteiger partial charge in [0.1, 0.15) is 12.0 Å². The summed E-state index contributed by atoms with van der Waals surface area (Å²) in [5, 5.41) is 0. The van der Waals surface area contributed by atoms with Gasteiger partial charge in [0.05, 0.1) is 17.7 Å². The van der Waals surface area contributed by atoms with Crippen LogP contribution in [-0.4, -0.2) is 29.9 Å². The summed E-state index contributed by atoms with van der Waals surface area (Å²) < 4.78 is 10.4. The third-order valence-corrected chi connectivity index (χ3v) is 4.43. The summed E-state index contributed by atoms with van der Waals surface area (Å²) in [7, 11) is 0. The first-order valence-electron chi connectivity index (χ1n) is 8.29. The van der Waals surface area contributed by atoms with Gasteiger partial charge < -0.3 is 14.1 Å². The van der Waals surface area contributed by atoms with Crippen LogP contribution in [0.3, 0.4) is 0 Å². The molecule has 0 radical (unpaired) electrons. The molecule has 0 spiro atoms. The summed E-state index contributed by atoms with van der Waals surface area (Å²) in [4.78, 5) is 26.3. The van der Waals surface area contributed by atoms with Crippen LogP contribution in [0.4, 0.5) is 0 Å². The van der Waals surface area contributed by atoms with Crippen LogP contribution in [0.15, 0.2) is 47.3 Å². The first-order valence-corrected chi connectivity index (χ1v) is 8.29. The van der Waals surface area contributed by atoms with Crippen LogP contribution in [0, 0.1) is 5.92 Å². The maximum absolute atomic E-state index is 12.3. The van der Waals surface area contributed by atoms with Gasteiger partial charge in [0.15, 0.2) is 0 Å². The van der Waals surface area contributed by atoms with E-state index in [0.29, 0.717) is 37.2 Å². The van der Waals surface area contributed by atoms with E-state index in [1.165, 1.54) is 18.1 Å². The highest BCUT2D eigenvalue weighted by molar-refractivity contribution is 5.94. The fourth-order valence-corrected chi connectivity index (χ4v) is 2.88. The number of furan rings is 1. The Labute approximate surface area is 141 Å². The van der Waals surface area contributed by atoms with E-state index in [1.807, 2.05) is 24.3 Å². The van der Waals surface area contributed by atoms with Gasteiger partial charge in [0, 0.05) is 13.1 Å². The molecular weight excluding hydrogens is 306 g/mol. The lowest BCUT2D eigenvalue weighted by Crippen LogP contribution is -2.41. The van der Waals surface area contributed by atoms with E-state index < -0.39 is 0 Å². The van der Waals surface area contributed by atoms with Crippen molar-refractivity contribution in [3.8, 4) is 5.75 Å². The molecule has 2 heterocycles. The molecule has 0 N–H and O–H groups in total. The molecule has 3 rings (SSSR count). The third-order valence-electron chi connectivity index (χ3n) is 4.43. The highest BCUT2D eigenvalue weighted by atomic mass is 16.5. The van der Waals surface area contributed by atoms with E-state index in [2.05, 4.69) is 6.92 Å². The average Bonchev–Trinajstić information content (AvgIpc) is 3.16. The Morgan fingerprint density at radius 3 is 2.46 bits per heavy atom. The van der Waals surface area contributed by atoms with Crippen molar-refractivity contribution >= 4 is 11.9 Å². The molecule has 0 atom stereocenters.